The van der Waals surface area contributed by atoms with Gasteiger partial charge in [-0.1, -0.05) is 0 Å². The molecule has 2 heterocycles. The minimum atomic E-state index is -1.04. The highest BCUT2D eigenvalue weighted by molar-refractivity contribution is 5.94. The molecule has 1 fully saturated rings. The Labute approximate surface area is 105 Å². The van der Waals surface area contributed by atoms with Crippen molar-refractivity contribution in [2.75, 3.05) is 24.3 Å². The number of carboxylic acid groups (broad SMARTS) is 1. The highest BCUT2D eigenvalue weighted by atomic mass is 16.5. The van der Waals surface area contributed by atoms with E-state index in [9.17, 15) is 4.79 Å². The predicted octanol–water partition coefficient (Wildman–Crippen LogP) is 1.34. The number of nitrogens with one attached hydrogen (secondary N) is 1. The van der Waals surface area contributed by atoms with Crippen molar-refractivity contribution in [3.8, 4) is 0 Å². The van der Waals surface area contributed by atoms with Gasteiger partial charge in [0.15, 0.2) is 0 Å². The zero-order valence-electron chi connectivity index (χ0n) is 10.3. The fraction of sp³-hybridized carbons (Fsp3) is 0.500. The number of pyridine rings is 1. The summed E-state index contributed by atoms with van der Waals surface area (Å²) in [6.45, 7) is 3.28. The number of hydrogen-bond donors (Lipinski definition) is 3. The molecule has 1 saturated heterocycles. The number of nitrogen functional groups attached to an aromatic ring is 1. The van der Waals surface area contributed by atoms with Gasteiger partial charge in [-0.2, -0.15) is 0 Å². The van der Waals surface area contributed by atoms with E-state index in [1.807, 2.05) is 6.92 Å². The Morgan fingerprint density at radius 2 is 2.44 bits per heavy atom. The summed E-state index contributed by atoms with van der Waals surface area (Å²) in [6.07, 6.45) is 3.31. The van der Waals surface area contributed by atoms with Crippen LogP contribution >= 0.6 is 0 Å². The van der Waals surface area contributed by atoms with Gasteiger partial charge in [-0.25, -0.2) is 9.78 Å². The molecule has 0 spiro atoms. The maximum atomic E-state index is 11.2. The zero-order chi connectivity index (χ0) is 13.2. The molecule has 0 saturated carbocycles. The van der Waals surface area contributed by atoms with E-state index in [0.717, 1.165) is 19.4 Å². The molecule has 1 atom stereocenters. The van der Waals surface area contributed by atoms with Crippen molar-refractivity contribution >= 4 is 17.5 Å². The van der Waals surface area contributed by atoms with Gasteiger partial charge in [-0.15, -0.1) is 0 Å². The topological polar surface area (TPSA) is 97.5 Å². The van der Waals surface area contributed by atoms with Crippen LogP contribution in [0.5, 0.6) is 0 Å². The molecule has 0 aliphatic carbocycles. The van der Waals surface area contributed by atoms with Gasteiger partial charge in [0.25, 0.3) is 0 Å². The summed E-state index contributed by atoms with van der Waals surface area (Å²) in [6, 6.07) is 1.41. The van der Waals surface area contributed by atoms with Crippen LogP contribution in [0.3, 0.4) is 0 Å². The molecule has 6 heteroatoms. The maximum absolute atomic E-state index is 11.2. The number of carbonyl (C=O) groups is 1. The van der Waals surface area contributed by atoms with Crippen LogP contribution < -0.4 is 11.1 Å². The van der Waals surface area contributed by atoms with Gasteiger partial charge < -0.3 is 20.9 Å². The molecular weight excluding hydrogens is 234 g/mol. The normalized spacial score (nSPS) is 23.6. The van der Waals surface area contributed by atoms with Crippen LogP contribution in [0.25, 0.3) is 0 Å². The number of nitrogens with two attached hydrogens (primary N) is 1. The standard InChI is InChI=1S/C12H17N3O3/c1-12(3-2-4-18-7-12)15-10-9(11(16)17)5-8(13)6-14-10/h5-6H,2-4,7,13H2,1H3,(H,14,15)(H,16,17). The first-order chi connectivity index (χ1) is 8.50. The Hall–Kier alpha value is -1.82. The number of hydrogen-bond acceptors (Lipinski definition) is 5. The van der Waals surface area contributed by atoms with Crippen LogP contribution in [0, 0.1) is 0 Å². The summed E-state index contributed by atoms with van der Waals surface area (Å²) < 4.78 is 5.42. The molecular formula is C12H17N3O3. The fourth-order valence-electron chi connectivity index (χ4n) is 2.06. The van der Waals surface area contributed by atoms with Crippen LogP contribution in [0.1, 0.15) is 30.1 Å². The second-order valence-corrected chi connectivity index (χ2v) is 4.81. The Morgan fingerprint density at radius 1 is 1.67 bits per heavy atom. The number of carboxylic acids is 1. The Bertz CT molecular complexity index is 456. The highest BCUT2D eigenvalue weighted by Crippen LogP contribution is 2.25. The molecule has 0 aromatic carbocycles. The third kappa shape index (κ3) is 2.70. The third-order valence-corrected chi connectivity index (χ3v) is 3.00. The van der Waals surface area contributed by atoms with Gasteiger partial charge in [0.05, 0.1) is 24.0 Å². The number of rotatable bonds is 3. The van der Waals surface area contributed by atoms with E-state index in [1.54, 1.807) is 0 Å². The SMILES string of the molecule is CC1(Nc2ncc(N)cc2C(=O)O)CCCOC1. The molecule has 1 aromatic heterocycles. The second-order valence-electron chi connectivity index (χ2n) is 4.81. The van der Waals surface area contributed by atoms with Crippen molar-refractivity contribution in [1.29, 1.82) is 0 Å². The highest BCUT2D eigenvalue weighted by Gasteiger charge is 2.29. The van der Waals surface area contributed by atoms with Gasteiger partial charge in [0.2, 0.25) is 0 Å². The summed E-state index contributed by atoms with van der Waals surface area (Å²) >= 11 is 0. The third-order valence-electron chi connectivity index (χ3n) is 3.00. The molecule has 0 bridgehead atoms. The molecule has 1 aromatic rings. The molecule has 0 amide bonds. The largest absolute Gasteiger partial charge is 0.478 e. The number of nitrogens with zero attached hydrogens (tertiary/aromatic N) is 1. The van der Waals surface area contributed by atoms with E-state index in [4.69, 9.17) is 15.6 Å². The Kier molecular flexibility index (Phi) is 3.38. The van der Waals surface area contributed by atoms with E-state index < -0.39 is 5.97 Å². The molecule has 2 rings (SSSR count). The minimum absolute atomic E-state index is 0.0850. The van der Waals surface area contributed by atoms with E-state index >= 15 is 0 Å². The molecule has 1 aliphatic heterocycles. The van der Waals surface area contributed by atoms with Gasteiger partial charge in [-0.05, 0) is 25.8 Å². The summed E-state index contributed by atoms with van der Waals surface area (Å²) in [5, 5.41) is 12.3. The van der Waals surface area contributed by atoms with Crippen LogP contribution in [-0.4, -0.2) is 34.8 Å². The predicted molar refractivity (Wildman–Crippen MR) is 67.7 cm³/mol. The van der Waals surface area contributed by atoms with Crippen molar-refractivity contribution < 1.29 is 14.6 Å². The summed E-state index contributed by atoms with van der Waals surface area (Å²) in [4.78, 5) is 15.2. The van der Waals surface area contributed by atoms with E-state index in [-0.39, 0.29) is 11.1 Å². The lowest BCUT2D eigenvalue weighted by atomic mass is 9.94. The summed E-state index contributed by atoms with van der Waals surface area (Å²) in [5.41, 5.74) is 5.69. The van der Waals surface area contributed by atoms with Crippen molar-refractivity contribution in [2.45, 2.75) is 25.3 Å². The zero-order valence-corrected chi connectivity index (χ0v) is 10.3. The van der Waals surface area contributed by atoms with Gasteiger partial charge in [-0.3, -0.25) is 0 Å². The van der Waals surface area contributed by atoms with Gasteiger partial charge in [0.1, 0.15) is 11.4 Å². The Balaban J connectivity index is 2.25. The first-order valence-corrected chi connectivity index (χ1v) is 5.85. The van der Waals surface area contributed by atoms with E-state index in [1.165, 1.54) is 12.3 Å². The average molecular weight is 251 g/mol. The first kappa shape index (κ1) is 12.6. The van der Waals surface area contributed by atoms with Gasteiger partial charge in [0, 0.05) is 6.61 Å². The minimum Gasteiger partial charge on any atom is -0.478 e. The number of aromatic carboxylic acids is 1. The molecule has 1 aliphatic rings. The van der Waals surface area contributed by atoms with Crippen LogP contribution in [-0.2, 0) is 4.74 Å². The molecule has 98 valence electrons. The summed E-state index contributed by atoms with van der Waals surface area (Å²) in [5.74, 6) is -0.706. The van der Waals surface area contributed by atoms with Gasteiger partial charge >= 0.3 is 5.97 Å². The Morgan fingerprint density at radius 3 is 3.06 bits per heavy atom. The molecule has 4 N–H and O–H groups in total. The van der Waals surface area contributed by atoms with Crippen molar-refractivity contribution in [1.82, 2.24) is 4.98 Å². The van der Waals surface area contributed by atoms with Crippen molar-refractivity contribution in [3.63, 3.8) is 0 Å². The average Bonchev–Trinajstić information content (AvgIpc) is 2.32. The quantitative estimate of drug-likeness (QED) is 0.750. The number of ether oxygens (including phenoxy) is 1. The van der Waals surface area contributed by atoms with Crippen molar-refractivity contribution in [2.24, 2.45) is 0 Å². The lowest BCUT2D eigenvalue weighted by Gasteiger charge is -2.35. The van der Waals surface area contributed by atoms with E-state index in [0.29, 0.717) is 18.1 Å². The lowest BCUT2D eigenvalue weighted by molar-refractivity contribution is 0.0537. The van der Waals surface area contributed by atoms with Crippen molar-refractivity contribution in [3.05, 3.63) is 17.8 Å². The maximum Gasteiger partial charge on any atom is 0.339 e. The molecule has 18 heavy (non-hydrogen) atoms. The number of anilines is 2. The van der Waals surface area contributed by atoms with Crippen LogP contribution in [0.2, 0.25) is 0 Å². The number of aromatic nitrogens is 1. The summed E-state index contributed by atoms with van der Waals surface area (Å²) in [7, 11) is 0. The fourth-order valence-corrected chi connectivity index (χ4v) is 2.06. The van der Waals surface area contributed by atoms with Crippen LogP contribution in [0.15, 0.2) is 12.3 Å². The lowest BCUT2D eigenvalue weighted by Crippen LogP contribution is -2.43. The molecule has 6 nitrogen and oxygen atoms in total. The smallest absolute Gasteiger partial charge is 0.339 e. The first-order valence-electron chi connectivity index (χ1n) is 5.85. The monoisotopic (exact) mass is 251 g/mol. The second kappa shape index (κ2) is 4.81. The van der Waals surface area contributed by atoms with E-state index in [2.05, 4.69) is 10.3 Å². The molecule has 1 unspecified atom stereocenters. The van der Waals surface area contributed by atoms with Crippen LogP contribution in [0.4, 0.5) is 11.5 Å². The molecule has 0 radical (unpaired) electrons.